The van der Waals surface area contributed by atoms with Crippen LogP contribution in [0.15, 0.2) is 36.4 Å². The van der Waals surface area contributed by atoms with Crippen LogP contribution >= 0.6 is 0 Å². The van der Waals surface area contributed by atoms with Crippen LogP contribution < -0.4 is 4.74 Å². The lowest BCUT2D eigenvalue weighted by atomic mass is 10.0. The minimum Gasteiger partial charge on any atom is -0.497 e. The third kappa shape index (κ3) is 2.71. The Kier molecular flexibility index (Phi) is 3.76. The minimum atomic E-state index is -0.505. The fourth-order valence-electron chi connectivity index (χ4n) is 1.80. The lowest BCUT2D eigenvalue weighted by Crippen LogP contribution is -1.92. The average Bonchev–Trinajstić information content (AvgIpc) is 2.41. The molecule has 4 heteroatoms. The summed E-state index contributed by atoms with van der Waals surface area (Å²) in [6.45, 7) is 0. The van der Waals surface area contributed by atoms with E-state index in [1.165, 1.54) is 31.4 Å². The standard InChI is InChI=1S/C15H11F2NO/c1-19-12-4-5-13(15(17)9-12)11-3-2-10(6-7-18)14(16)8-11/h2-5,8-9H,6H2,1H3. The van der Waals surface area contributed by atoms with Crippen molar-refractivity contribution in [3.63, 3.8) is 0 Å². The molecule has 0 aliphatic heterocycles. The number of nitrogens with zero attached hydrogens (tertiary/aromatic N) is 1. The van der Waals surface area contributed by atoms with E-state index >= 15 is 0 Å². The van der Waals surface area contributed by atoms with E-state index in [0.29, 0.717) is 22.4 Å². The summed E-state index contributed by atoms with van der Waals surface area (Å²) in [4.78, 5) is 0. The van der Waals surface area contributed by atoms with Gasteiger partial charge in [-0.05, 0) is 23.8 Å². The molecule has 2 nitrogen and oxygen atoms in total. The lowest BCUT2D eigenvalue weighted by Gasteiger charge is -2.07. The third-order valence-electron chi connectivity index (χ3n) is 2.81. The highest BCUT2D eigenvalue weighted by molar-refractivity contribution is 5.65. The number of methoxy groups -OCH3 is 1. The van der Waals surface area contributed by atoms with Gasteiger partial charge in [-0.25, -0.2) is 8.78 Å². The molecule has 0 amide bonds. The van der Waals surface area contributed by atoms with E-state index in [2.05, 4.69) is 0 Å². The van der Waals surface area contributed by atoms with Gasteiger partial charge in [0.05, 0.1) is 19.6 Å². The summed E-state index contributed by atoms with van der Waals surface area (Å²) >= 11 is 0. The molecule has 0 saturated heterocycles. The van der Waals surface area contributed by atoms with Gasteiger partial charge in [0, 0.05) is 17.2 Å². The predicted molar refractivity (Wildman–Crippen MR) is 67.7 cm³/mol. The molecule has 0 heterocycles. The van der Waals surface area contributed by atoms with Crippen LogP contribution in [0, 0.1) is 23.0 Å². The second-order valence-electron chi connectivity index (χ2n) is 3.99. The molecule has 96 valence electrons. The Labute approximate surface area is 109 Å². The largest absolute Gasteiger partial charge is 0.497 e. The van der Waals surface area contributed by atoms with Crippen molar-refractivity contribution >= 4 is 0 Å². The van der Waals surface area contributed by atoms with Crippen molar-refractivity contribution in [1.29, 1.82) is 5.26 Å². The smallest absolute Gasteiger partial charge is 0.134 e. The van der Waals surface area contributed by atoms with E-state index in [0.717, 1.165) is 0 Å². The van der Waals surface area contributed by atoms with Crippen LogP contribution in [0.1, 0.15) is 5.56 Å². The van der Waals surface area contributed by atoms with Crippen LogP contribution in [0.4, 0.5) is 8.78 Å². The van der Waals surface area contributed by atoms with Gasteiger partial charge in [-0.1, -0.05) is 12.1 Å². The highest BCUT2D eigenvalue weighted by Gasteiger charge is 2.09. The molecule has 0 aliphatic rings. The summed E-state index contributed by atoms with van der Waals surface area (Å²) in [7, 11) is 1.45. The molecular formula is C15H11F2NO. The highest BCUT2D eigenvalue weighted by atomic mass is 19.1. The molecule has 0 radical (unpaired) electrons. The number of benzene rings is 2. The van der Waals surface area contributed by atoms with E-state index < -0.39 is 11.6 Å². The first-order chi connectivity index (χ1) is 9.15. The first-order valence-corrected chi connectivity index (χ1v) is 5.65. The Morgan fingerprint density at radius 3 is 2.47 bits per heavy atom. The van der Waals surface area contributed by atoms with Gasteiger partial charge in [0.25, 0.3) is 0 Å². The van der Waals surface area contributed by atoms with Gasteiger partial charge >= 0.3 is 0 Å². The predicted octanol–water partition coefficient (Wildman–Crippen LogP) is 3.71. The number of nitriles is 1. The molecule has 0 fully saturated rings. The van der Waals surface area contributed by atoms with E-state index in [4.69, 9.17) is 10.00 Å². The normalized spacial score (nSPS) is 10.0. The zero-order valence-corrected chi connectivity index (χ0v) is 10.3. The van der Waals surface area contributed by atoms with E-state index in [1.54, 1.807) is 12.1 Å². The van der Waals surface area contributed by atoms with Crippen molar-refractivity contribution in [1.82, 2.24) is 0 Å². The molecule has 0 N–H and O–H groups in total. The van der Waals surface area contributed by atoms with Crippen LogP contribution in [0.3, 0.4) is 0 Å². The highest BCUT2D eigenvalue weighted by Crippen LogP contribution is 2.27. The first kappa shape index (κ1) is 13.0. The molecule has 0 aliphatic carbocycles. The molecule has 2 aromatic rings. The Morgan fingerprint density at radius 2 is 1.89 bits per heavy atom. The van der Waals surface area contributed by atoms with Crippen LogP contribution in [-0.2, 0) is 6.42 Å². The number of ether oxygens (including phenoxy) is 1. The fraction of sp³-hybridized carbons (Fsp3) is 0.133. The fourth-order valence-corrected chi connectivity index (χ4v) is 1.80. The van der Waals surface area contributed by atoms with Gasteiger partial charge in [-0.15, -0.1) is 0 Å². The van der Waals surface area contributed by atoms with Crippen molar-refractivity contribution in [2.24, 2.45) is 0 Å². The van der Waals surface area contributed by atoms with Crippen molar-refractivity contribution in [3.05, 3.63) is 53.6 Å². The molecule has 2 aromatic carbocycles. The quantitative estimate of drug-likeness (QED) is 0.841. The lowest BCUT2D eigenvalue weighted by molar-refractivity contribution is 0.411. The maximum absolute atomic E-state index is 13.8. The van der Waals surface area contributed by atoms with Crippen LogP contribution in [-0.4, -0.2) is 7.11 Å². The number of rotatable bonds is 3. The second kappa shape index (κ2) is 5.49. The molecular weight excluding hydrogens is 248 g/mol. The van der Waals surface area contributed by atoms with Crippen LogP contribution in [0.25, 0.3) is 11.1 Å². The summed E-state index contributed by atoms with van der Waals surface area (Å²) in [5.74, 6) is -0.580. The number of halogens is 2. The summed E-state index contributed by atoms with van der Waals surface area (Å²) in [6, 6.07) is 10.6. The minimum absolute atomic E-state index is 0.00277. The molecule has 2 rings (SSSR count). The van der Waals surface area contributed by atoms with Gasteiger partial charge in [-0.2, -0.15) is 5.26 Å². The van der Waals surface area contributed by atoms with Crippen molar-refractivity contribution in [2.75, 3.05) is 7.11 Å². The molecule has 0 bridgehead atoms. The van der Waals surface area contributed by atoms with Gasteiger partial charge in [0.15, 0.2) is 0 Å². The van der Waals surface area contributed by atoms with E-state index in [9.17, 15) is 8.78 Å². The monoisotopic (exact) mass is 259 g/mol. The van der Waals surface area contributed by atoms with Crippen LogP contribution in [0.5, 0.6) is 5.75 Å². The number of hydrogen-bond donors (Lipinski definition) is 0. The SMILES string of the molecule is COc1ccc(-c2ccc(CC#N)c(F)c2)c(F)c1. The maximum atomic E-state index is 13.8. The van der Waals surface area contributed by atoms with Crippen LogP contribution in [0.2, 0.25) is 0 Å². The van der Waals surface area contributed by atoms with E-state index in [1.807, 2.05) is 6.07 Å². The topological polar surface area (TPSA) is 33.0 Å². The van der Waals surface area contributed by atoms with Gasteiger partial charge in [-0.3, -0.25) is 0 Å². The van der Waals surface area contributed by atoms with Crippen molar-refractivity contribution < 1.29 is 13.5 Å². The Bertz CT molecular complexity index is 647. The van der Waals surface area contributed by atoms with Gasteiger partial charge in [0.2, 0.25) is 0 Å². The summed E-state index contributed by atoms with van der Waals surface area (Å²) < 4.78 is 32.5. The summed E-state index contributed by atoms with van der Waals surface area (Å²) in [5.41, 5.74) is 1.03. The Hall–Kier alpha value is -2.41. The molecule has 0 aromatic heterocycles. The average molecular weight is 259 g/mol. The van der Waals surface area contributed by atoms with Crippen molar-refractivity contribution in [2.45, 2.75) is 6.42 Å². The Balaban J connectivity index is 2.43. The first-order valence-electron chi connectivity index (χ1n) is 5.65. The van der Waals surface area contributed by atoms with Gasteiger partial charge < -0.3 is 4.74 Å². The second-order valence-corrected chi connectivity index (χ2v) is 3.99. The molecule has 0 unspecified atom stereocenters. The van der Waals surface area contributed by atoms with Crippen molar-refractivity contribution in [3.8, 4) is 22.9 Å². The number of hydrogen-bond acceptors (Lipinski definition) is 2. The molecule has 0 saturated carbocycles. The maximum Gasteiger partial charge on any atom is 0.134 e. The molecule has 0 atom stereocenters. The summed E-state index contributed by atoms with van der Waals surface area (Å²) in [6.07, 6.45) is -0.00277. The Morgan fingerprint density at radius 1 is 1.11 bits per heavy atom. The molecule has 19 heavy (non-hydrogen) atoms. The third-order valence-corrected chi connectivity index (χ3v) is 2.81. The summed E-state index contributed by atoms with van der Waals surface area (Å²) in [5, 5.41) is 8.54. The molecule has 0 spiro atoms. The zero-order valence-electron chi connectivity index (χ0n) is 10.3. The van der Waals surface area contributed by atoms with E-state index in [-0.39, 0.29) is 6.42 Å². The zero-order chi connectivity index (χ0) is 13.8. The van der Waals surface area contributed by atoms with Gasteiger partial charge in [0.1, 0.15) is 17.4 Å².